The average Bonchev–Trinajstić information content (AvgIpc) is 3.73. The molecule has 49 heavy (non-hydrogen) atoms. The van der Waals surface area contributed by atoms with E-state index < -0.39 is 0 Å². The highest BCUT2D eigenvalue weighted by Gasteiger charge is 2.31. The molecule has 4 heterocycles. The van der Waals surface area contributed by atoms with Crippen LogP contribution in [0.15, 0.2) is 48.8 Å². The Morgan fingerprint density at radius 1 is 0.898 bits per heavy atom. The molecule has 5 aromatic rings. The number of nitrogens with zero attached hydrogens (tertiary/aromatic N) is 7. The fourth-order valence-electron chi connectivity index (χ4n) is 7.39. The molecule has 0 bridgehead atoms. The average molecular weight is 669 g/mol. The summed E-state index contributed by atoms with van der Waals surface area (Å²) in [6.07, 6.45) is 6.58. The lowest BCUT2D eigenvalue weighted by atomic mass is 9.90. The molecule has 0 radical (unpaired) electrons. The maximum atomic E-state index is 6.50. The summed E-state index contributed by atoms with van der Waals surface area (Å²) < 4.78 is 18.8. The number of para-hydroxylation sites is 1. The number of fused-ring (bicyclic) bond motifs is 2. The zero-order valence-corrected chi connectivity index (χ0v) is 28.4. The Hall–Kier alpha value is -4.14. The van der Waals surface area contributed by atoms with Gasteiger partial charge in [-0.3, -0.25) is 9.80 Å². The first kappa shape index (κ1) is 33.4. The number of nitrogen functional groups attached to an aromatic ring is 1. The Morgan fingerprint density at radius 3 is 2.47 bits per heavy atom. The molecule has 13 nitrogen and oxygen atoms in total. The first-order valence-corrected chi connectivity index (χ1v) is 17.5. The number of anilines is 1. The van der Waals surface area contributed by atoms with Crippen LogP contribution in [0, 0.1) is 0 Å². The number of nitrogens with two attached hydrogens (primary N) is 2. The van der Waals surface area contributed by atoms with Crippen LogP contribution in [-0.2, 0) is 15.9 Å². The molecule has 2 aliphatic rings. The Morgan fingerprint density at radius 2 is 1.67 bits per heavy atom. The SMILES string of the molecule is COc1ccccc1Cc1nc2ccc(-c3nn(C4CCC(N5CCN(CCOCCOCCN)CC5)CC4)c4ncnc(N)c34)cc2[nH]1. The number of ether oxygens (including phenoxy) is 3. The highest BCUT2D eigenvalue weighted by Crippen LogP contribution is 2.37. The summed E-state index contributed by atoms with van der Waals surface area (Å²) >= 11 is 0. The normalized spacial score (nSPS) is 19.2. The van der Waals surface area contributed by atoms with Crippen molar-refractivity contribution in [3.05, 3.63) is 60.2 Å². The minimum Gasteiger partial charge on any atom is -0.496 e. The molecule has 3 aromatic heterocycles. The van der Waals surface area contributed by atoms with Crippen LogP contribution >= 0.6 is 0 Å². The van der Waals surface area contributed by atoms with Gasteiger partial charge in [0.1, 0.15) is 29.4 Å². The van der Waals surface area contributed by atoms with E-state index in [1.807, 2.05) is 24.3 Å². The number of aromatic nitrogens is 6. The van der Waals surface area contributed by atoms with Gasteiger partial charge in [0.25, 0.3) is 0 Å². The van der Waals surface area contributed by atoms with Crippen molar-refractivity contribution in [3.63, 3.8) is 0 Å². The van der Waals surface area contributed by atoms with Crippen molar-refractivity contribution in [2.24, 2.45) is 5.73 Å². The zero-order valence-electron chi connectivity index (χ0n) is 28.4. The van der Waals surface area contributed by atoms with Crippen molar-refractivity contribution in [2.45, 2.75) is 44.2 Å². The molecule has 13 heteroatoms. The van der Waals surface area contributed by atoms with Gasteiger partial charge in [-0.05, 0) is 43.9 Å². The van der Waals surface area contributed by atoms with Gasteiger partial charge in [0, 0.05) is 62.9 Å². The van der Waals surface area contributed by atoms with E-state index in [2.05, 4.69) is 42.6 Å². The maximum Gasteiger partial charge on any atom is 0.164 e. The number of benzene rings is 2. The van der Waals surface area contributed by atoms with Crippen LogP contribution in [0.2, 0.25) is 0 Å². The Bertz CT molecular complexity index is 1820. The largest absolute Gasteiger partial charge is 0.496 e. The summed E-state index contributed by atoms with van der Waals surface area (Å²) in [5.41, 5.74) is 17.4. The number of hydrogen-bond donors (Lipinski definition) is 3. The van der Waals surface area contributed by atoms with Crippen LogP contribution < -0.4 is 16.2 Å². The number of aromatic amines is 1. The van der Waals surface area contributed by atoms with Crippen LogP contribution in [-0.4, -0.2) is 118 Å². The molecule has 5 N–H and O–H groups in total. The first-order chi connectivity index (χ1) is 24.1. The number of H-pyrrole nitrogens is 1. The molecular formula is C36H48N10O3. The summed E-state index contributed by atoms with van der Waals surface area (Å²) in [6.45, 7) is 8.45. The van der Waals surface area contributed by atoms with E-state index in [-0.39, 0.29) is 6.04 Å². The third kappa shape index (κ3) is 7.55. The van der Waals surface area contributed by atoms with Gasteiger partial charge in [0.05, 0.1) is 56.0 Å². The molecule has 0 unspecified atom stereocenters. The predicted octanol–water partition coefficient (Wildman–Crippen LogP) is 3.64. The number of methoxy groups -OCH3 is 1. The van der Waals surface area contributed by atoms with Crippen LogP contribution in [0.5, 0.6) is 5.75 Å². The fraction of sp³-hybridized carbons (Fsp3) is 0.500. The number of hydrogen-bond acceptors (Lipinski definition) is 11. The van der Waals surface area contributed by atoms with Crippen LogP contribution in [0.3, 0.4) is 0 Å². The summed E-state index contributed by atoms with van der Waals surface area (Å²) in [7, 11) is 1.69. The van der Waals surface area contributed by atoms with Crippen molar-refractivity contribution in [1.82, 2.24) is 39.5 Å². The molecule has 2 fully saturated rings. The van der Waals surface area contributed by atoms with E-state index in [1.165, 1.54) is 0 Å². The minimum absolute atomic E-state index is 0.261. The zero-order chi connectivity index (χ0) is 33.6. The van der Waals surface area contributed by atoms with E-state index in [0.717, 1.165) is 115 Å². The molecule has 1 aliphatic heterocycles. The van der Waals surface area contributed by atoms with Gasteiger partial charge in [-0.25, -0.2) is 19.6 Å². The second-order valence-corrected chi connectivity index (χ2v) is 13.0. The molecule has 2 aromatic carbocycles. The quantitative estimate of drug-likeness (QED) is 0.148. The van der Waals surface area contributed by atoms with E-state index in [4.69, 9.17) is 40.7 Å². The number of rotatable bonds is 14. The number of imidazole rings is 1. The lowest BCUT2D eigenvalue weighted by Crippen LogP contribution is -2.51. The Kier molecular flexibility index (Phi) is 10.6. The molecule has 1 saturated heterocycles. The molecule has 260 valence electrons. The molecule has 1 saturated carbocycles. The van der Waals surface area contributed by atoms with E-state index in [9.17, 15) is 0 Å². The highest BCUT2D eigenvalue weighted by molar-refractivity contribution is 5.99. The summed E-state index contributed by atoms with van der Waals surface area (Å²) in [4.78, 5) is 22.6. The van der Waals surface area contributed by atoms with Crippen molar-refractivity contribution in [2.75, 3.05) is 78.5 Å². The molecule has 1 aliphatic carbocycles. The maximum absolute atomic E-state index is 6.50. The number of nitrogens with one attached hydrogen (secondary N) is 1. The number of piperazine rings is 1. The van der Waals surface area contributed by atoms with E-state index in [0.29, 0.717) is 44.6 Å². The summed E-state index contributed by atoms with van der Waals surface area (Å²) in [5, 5.41) is 6.00. The molecule has 0 spiro atoms. The summed E-state index contributed by atoms with van der Waals surface area (Å²) in [5.74, 6) is 2.18. The highest BCUT2D eigenvalue weighted by atomic mass is 16.5. The van der Waals surface area contributed by atoms with Crippen LogP contribution in [0.1, 0.15) is 43.1 Å². The van der Waals surface area contributed by atoms with Gasteiger partial charge in [-0.1, -0.05) is 24.3 Å². The first-order valence-electron chi connectivity index (χ1n) is 17.5. The lowest BCUT2D eigenvalue weighted by Gasteiger charge is -2.42. The third-order valence-corrected chi connectivity index (χ3v) is 9.99. The molecule has 0 amide bonds. The van der Waals surface area contributed by atoms with Gasteiger partial charge in [0.15, 0.2) is 5.65 Å². The topological polar surface area (TPSA) is 158 Å². The Labute approximate surface area is 286 Å². The minimum atomic E-state index is 0.261. The second kappa shape index (κ2) is 15.6. The molecular weight excluding hydrogens is 620 g/mol. The van der Waals surface area contributed by atoms with Crippen LogP contribution in [0.25, 0.3) is 33.3 Å². The van der Waals surface area contributed by atoms with E-state index in [1.54, 1.807) is 13.4 Å². The Balaban J connectivity index is 0.994. The van der Waals surface area contributed by atoms with E-state index >= 15 is 0 Å². The van der Waals surface area contributed by atoms with Crippen molar-refractivity contribution in [1.29, 1.82) is 0 Å². The third-order valence-electron chi connectivity index (χ3n) is 9.99. The lowest BCUT2D eigenvalue weighted by molar-refractivity contribution is 0.0257. The second-order valence-electron chi connectivity index (χ2n) is 13.0. The van der Waals surface area contributed by atoms with Gasteiger partial charge < -0.3 is 30.7 Å². The van der Waals surface area contributed by atoms with Crippen LogP contribution in [0.4, 0.5) is 5.82 Å². The van der Waals surface area contributed by atoms with Crippen molar-refractivity contribution < 1.29 is 14.2 Å². The predicted molar refractivity (Wildman–Crippen MR) is 191 cm³/mol. The summed E-state index contributed by atoms with van der Waals surface area (Å²) in [6, 6.07) is 15.1. The standard InChI is InChI=1S/C36H48N10O3/c1-47-31-5-3-2-4-25(31)23-32-41-29-11-6-26(22-30(29)42-32)34-33-35(38)39-24-40-36(33)46(43-34)28-9-7-27(8-10-28)45-15-13-44(14-16-45)17-19-49-21-20-48-18-12-37/h2-6,11,22,24,27-28H,7-10,12-21,23,37H2,1H3,(H,41,42)(H2,38,39,40). The van der Waals surface area contributed by atoms with Gasteiger partial charge >= 0.3 is 0 Å². The van der Waals surface area contributed by atoms with Crippen molar-refractivity contribution in [3.8, 4) is 17.0 Å². The molecule has 7 rings (SSSR count). The fourth-order valence-corrected chi connectivity index (χ4v) is 7.39. The smallest absolute Gasteiger partial charge is 0.164 e. The van der Waals surface area contributed by atoms with Gasteiger partial charge in [-0.15, -0.1) is 0 Å². The van der Waals surface area contributed by atoms with Gasteiger partial charge in [-0.2, -0.15) is 5.10 Å². The molecule has 0 atom stereocenters. The van der Waals surface area contributed by atoms with Crippen molar-refractivity contribution >= 4 is 27.9 Å². The monoisotopic (exact) mass is 668 g/mol. The van der Waals surface area contributed by atoms with Gasteiger partial charge in [0.2, 0.25) is 0 Å².